The quantitative estimate of drug-likeness (QED) is 0.178. The van der Waals surface area contributed by atoms with Gasteiger partial charge in [-0.3, -0.25) is 33.6 Å². The third-order valence-corrected chi connectivity index (χ3v) is 10.4. The Labute approximate surface area is 353 Å². The molecule has 5 saturated heterocycles. The maximum Gasteiger partial charge on any atom is 0.303 e. The van der Waals surface area contributed by atoms with Crippen molar-refractivity contribution in [3.05, 3.63) is 0 Å². The fourth-order valence-corrected chi connectivity index (χ4v) is 8.58. The summed E-state index contributed by atoms with van der Waals surface area (Å²) in [5.41, 5.74) is 0. The minimum absolute atomic E-state index is 0.0769. The number of esters is 7. The minimum atomic E-state index is -1.43. The van der Waals surface area contributed by atoms with Crippen LogP contribution in [0.4, 0.5) is 0 Å². The van der Waals surface area contributed by atoms with Gasteiger partial charge < -0.3 is 66.3 Å². The standard InChI is InChI=1S/C40H58O21/c1-17(41)48-16-28-32(52-21(5)45)35(54-23(7)47)31(51-20(4)44)26(56-28)13-12-24-29(49-18(2)42)34(53-22(6)46)30(50-19(3)43)25(55-24)14-15-27-33-36(59-39(8,9)58-33)37-38(57-27)61-40(10,11)60-37/h24-38H,12-16H2,1-11H3/t24-,25+,26+,27-,28-,29+,30+,31+,32+,33+,34+,35-,36+,37-,38-/m1/s1. The van der Waals surface area contributed by atoms with Crippen molar-refractivity contribution in [2.45, 2.75) is 205 Å². The maximum atomic E-state index is 12.7. The monoisotopic (exact) mass is 874 g/mol. The van der Waals surface area contributed by atoms with E-state index in [1.807, 2.05) is 0 Å². The number of fused-ring (bicyclic) bond motifs is 3. The van der Waals surface area contributed by atoms with E-state index in [1.165, 1.54) is 6.92 Å². The molecular formula is C40H58O21. The van der Waals surface area contributed by atoms with Gasteiger partial charge in [-0.15, -0.1) is 0 Å². The molecule has 5 aliphatic rings. The highest BCUT2D eigenvalue weighted by Gasteiger charge is 2.61. The smallest absolute Gasteiger partial charge is 0.303 e. The van der Waals surface area contributed by atoms with E-state index < -0.39 is 152 Å². The lowest BCUT2D eigenvalue weighted by Crippen LogP contribution is -2.63. The number of ether oxygens (including phenoxy) is 14. The summed E-state index contributed by atoms with van der Waals surface area (Å²) in [6, 6.07) is 0. The summed E-state index contributed by atoms with van der Waals surface area (Å²) in [6.45, 7) is 14.6. The van der Waals surface area contributed by atoms with Gasteiger partial charge in [0.15, 0.2) is 54.5 Å². The summed E-state index contributed by atoms with van der Waals surface area (Å²) in [6.07, 6.45) is -15.8. The molecule has 0 aromatic carbocycles. The summed E-state index contributed by atoms with van der Waals surface area (Å²) in [7, 11) is 0. The fraction of sp³-hybridized carbons (Fsp3) is 0.825. The lowest BCUT2D eigenvalue weighted by Gasteiger charge is -2.47. The van der Waals surface area contributed by atoms with Crippen molar-refractivity contribution in [3.63, 3.8) is 0 Å². The van der Waals surface area contributed by atoms with Crippen LogP contribution in [0, 0.1) is 0 Å². The zero-order valence-electron chi connectivity index (χ0n) is 36.3. The van der Waals surface area contributed by atoms with E-state index in [4.69, 9.17) is 66.3 Å². The highest BCUT2D eigenvalue weighted by molar-refractivity contribution is 5.69. The molecule has 0 aliphatic carbocycles. The molecule has 0 spiro atoms. The van der Waals surface area contributed by atoms with E-state index in [1.54, 1.807) is 27.7 Å². The predicted octanol–water partition coefficient (Wildman–Crippen LogP) is 1.63. The van der Waals surface area contributed by atoms with Gasteiger partial charge in [-0.1, -0.05) is 0 Å². The lowest BCUT2D eigenvalue weighted by atomic mass is 9.86. The SMILES string of the molecule is CC(=O)OC[C@H]1O[C@@H](CC[C@H]2O[C@@H](CC[C@H]3O[C@@H]4OC(C)(C)O[C@@H]4[C@H]4OC(C)(C)O[C@H]43)[C@H](OC(C)=O)[C@@H](OC(C)=O)[C@H]2OC(C)=O)[C@H](OC(C)=O)[C@@H](OC(C)=O)[C@H]1OC(C)=O. The van der Waals surface area contributed by atoms with Gasteiger partial charge in [-0.2, -0.15) is 0 Å². The molecular weight excluding hydrogens is 816 g/mol. The molecule has 21 nitrogen and oxygen atoms in total. The molecule has 21 heteroatoms. The van der Waals surface area contributed by atoms with Crippen molar-refractivity contribution in [3.8, 4) is 0 Å². The number of carbonyl (C=O) groups excluding carboxylic acids is 7. The fourth-order valence-electron chi connectivity index (χ4n) is 8.58. The van der Waals surface area contributed by atoms with Crippen LogP contribution in [0.25, 0.3) is 0 Å². The Hall–Kier alpha value is -3.99. The summed E-state index contributed by atoms with van der Waals surface area (Å²) < 4.78 is 83.3. The Kier molecular flexibility index (Phi) is 15.4. The van der Waals surface area contributed by atoms with Crippen molar-refractivity contribution in [1.29, 1.82) is 0 Å². The van der Waals surface area contributed by atoms with Crippen LogP contribution >= 0.6 is 0 Å². The Bertz CT molecular complexity index is 1640. The normalized spacial score (nSPS) is 37.2. The van der Waals surface area contributed by atoms with Gasteiger partial charge in [-0.05, 0) is 53.4 Å². The molecule has 344 valence electrons. The van der Waals surface area contributed by atoms with Crippen LogP contribution in [-0.4, -0.2) is 152 Å². The summed E-state index contributed by atoms with van der Waals surface area (Å²) >= 11 is 0. The topological polar surface area (TPSA) is 249 Å². The van der Waals surface area contributed by atoms with Gasteiger partial charge in [0.05, 0.1) is 24.4 Å². The average molecular weight is 875 g/mol. The Morgan fingerprint density at radius 2 is 0.705 bits per heavy atom. The lowest BCUT2D eigenvalue weighted by molar-refractivity contribution is -0.263. The summed E-state index contributed by atoms with van der Waals surface area (Å²) in [5.74, 6) is -7.32. The van der Waals surface area contributed by atoms with Crippen molar-refractivity contribution in [1.82, 2.24) is 0 Å². The molecule has 0 unspecified atom stereocenters. The van der Waals surface area contributed by atoms with E-state index in [0.29, 0.717) is 0 Å². The van der Waals surface area contributed by atoms with Crippen molar-refractivity contribution >= 4 is 41.8 Å². The van der Waals surface area contributed by atoms with Crippen LogP contribution in [0.3, 0.4) is 0 Å². The highest BCUT2D eigenvalue weighted by atomic mass is 16.9. The van der Waals surface area contributed by atoms with Crippen LogP contribution in [0.2, 0.25) is 0 Å². The van der Waals surface area contributed by atoms with Gasteiger partial charge in [0.1, 0.15) is 31.0 Å². The first kappa shape index (κ1) is 48.0. The molecule has 0 bridgehead atoms. The molecule has 15 atom stereocenters. The molecule has 0 aromatic rings. The number of hydrogen-bond donors (Lipinski definition) is 0. The number of hydrogen-bond acceptors (Lipinski definition) is 21. The maximum absolute atomic E-state index is 12.7. The predicted molar refractivity (Wildman–Crippen MR) is 198 cm³/mol. The second-order valence-corrected chi connectivity index (χ2v) is 16.5. The number of carbonyl (C=O) groups is 7. The highest BCUT2D eigenvalue weighted by Crippen LogP contribution is 2.46. The zero-order valence-corrected chi connectivity index (χ0v) is 36.3. The molecule has 0 saturated carbocycles. The third-order valence-electron chi connectivity index (χ3n) is 10.4. The van der Waals surface area contributed by atoms with E-state index in [0.717, 1.165) is 41.5 Å². The first-order chi connectivity index (χ1) is 28.4. The van der Waals surface area contributed by atoms with Crippen molar-refractivity contribution in [2.75, 3.05) is 6.61 Å². The van der Waals surface area contributed by atoms with Gasteiger partial charge in [0.2, 0.25) is 0 Å². The largest absolute Gasteiger partial charge is 0.463 e. The second-order valence-electron chi connectivity index (χ2n) is 16.5. The molecule has 0 aromatic heterocycles. The zero-order chi connectivity index (χ0) is 45.1. The molecule has 61 heavy (non-hydrogen) atoms. The van der Waals surface area contributed by atoms with Crippen molar-refractivity contribution < 1.29 is 99.9 Å². The van der Waals surface area contributed by atoms with Crippen LogP contribution < -0.4 is 0 Å². The molecule has 0 radical (unpaired) electrons. The van der Waals surface area contributed by atoms with Gasteiger partial charge in [0.25, 0.3) is 0 Å². The van der Waals surface area contributed by atoms with Crippen LogP contribution in [-0.2, 0) is 99.9 Å². The Morgan fingerprint density at radius 3 is 1.11 bits per heavy atom. The molecule has 0 amide bonds. The molecule has 5 fully saturated rings. The molecule has 5 rings (SSSR count). The Morgan fingerprint density at radius 1 is 0.377 bits per heavy atom. The third kappa shape index (κ3) is 12.4. The van der Waals surface area contributed by atoms with E-state index in [9.17, 15) is 33.6 Å². The van der Waals surface area contributed by atoms with E-state index >= 15 is 0 Å². The first-order valence-electron chi connectivity index (χ1n) is 20.3. The second kappa shape index (κ2) is 19.6. The van der Waals surface area contributed by atoms with Crippen molar-refractivity contribution in [2.24, 2.45) is 0 Å². The average Bonchev–Trinajstić information content (AvgIpc) is 3.62. The molecule has 0 N–H and O–H groups in total. The van der Waals surface area contributed by atoms with Crippen LogP contribution in [0.5, 0.6) is 0 Å². The Balaban J connectivity index is 1.47. The minimum Gasteiger partial charge on any atom is -0.463 e. The van der Waals surface area contributed by atoms with Crippen LogP contribution in [0.1, 0.15) is 102 Å². The summed E-state index contributed by atoms with van der Waals surface area (Å²) in [5, 5.41) is 0. The van der Waals surface area contributed by atoms with Gasteiger partial charge in [0, 0.05) is 48.5 Å². The van der Waals surface area contributed by atoms with E-state index in [2.05, 4.69) is 0 Å². The van der Waals surface area contributed by atoms with Gasteiger partial charge in [-0.25, -0.2) is 0 Å². The number of rotatable bonds is 14. The molecule has 5 aliphatic heterocycles. The summed E-state index contributed by atoms with van der Waals surface area (Å²) in [4.78, 5) is 86.9. The van der Waals surface area contributed by atoms with E-state index in [-0.39, 0.29) is 25.7 Å². The van der Waals surface area contributed by atoms with Crippen LogP contribution in [0.15, 0.2) is 0 Å². The molecule has 5 heterocycles. The van der Waals surface area contributed by atoms with Gasteiger partial charge >= 0.3 is 41.8 Å². The first-order valence-corrected chi connectivity index (χ1v) is 20.3.